The van der Waals surface area contributed by atoms with Gasteiger partial charge >= 0.3 is 0 Å². The molecule has 160 valence electrons. The number of hydrogen-bond donors (Lipinski definition) is 1. The number of thioether (sulfide) groups is 1. The Kier molecular flexibility index (Phi) is 7.38. The first-order valence-electron chi connectivity index (χ1n) is 11.2. The number of nitrogens with zero attached hydrogens (tertiary/aromatic N) is 2. The monoisotopic (exact) mass is 417 g/mol. The van der Waals surface area contributed by atoms with E-state index in [-0.39, 0.29) is 0 Å². The lowest BCUT2D eigenvalue weighted by Gasteiger charge is -2.35. The predicted molar refractivity (Wildman–Crippen MR) is 120 cm³/mol. The summed E-state index contributed by atoms with van der Waals surface area (Å²) in [6.45, 7) is 4.66. The van der Waals surface area contributed by atoms with Gasteiger partial charge in [0, 0.05) is 42.9 Å². The van der Waals surface area contributed by atoms with E-state index < -0.39 is 0 Å². The van der Waals surface area contributed by atoms with Gasteiger partial charge in [0.15, 0.2) is 5.96 Å². The molecule has 1 aromatic carbocycles. The number of likely N-dealkylation sites (tertiary alicyclic amines) is 1. The maximum atomic E-state index is 6.16. The maximum Gasteiger partial charge on any atom is 0.193 e. The second-order valence-electron chi connectivity index (χ2n) is 8.51. The summed E-state index contributed by atoms with van der Waals surface area (Å²) in [6, 6.07) is 10.7. The SMILES string of the molecule is CN=C(NCC1(Sc2ccccc2)CC1)N1CCC(OCC2CCCCO2)CC1. The lowest BCUT2D eigenvalue weighted by atomic mass is 10.1. The van der Waals surface area contributed by atoms with E-state index in [4.69, 9.17) is 9.47 Å². The van der Waals surface area contributed by atoms with Crippen molar-refractivity contribution in [1.82, 2.24) is 10.2 Å². The Bertz CT molecular complexity index is 651. The average Bonchev–Trinajstić information content (AvgIpc) is 3.54. The number of rotatable bonds is 7. The van der Waals surface area contributed by atoms with Gasteiger partial charge in [0.05, 0.1) is 18.8 Å². The van der Waals surface area contributed by atoms with Crippen molar-refractivity contribution in [3.05, 3.63) is 30.3 Å². The Morgan fingerprint density at radius 3 is 2.66 bits per heavy atom. The van der Waals surface area contributed by atoms with Crippen molar-refractivity contribution in [3.63, 3.8) is 0 Å². The first-order valence-corrected chi connectivity index (χ1v) is 12.0. The van der Waals surface area contributed by atoms with Gasteiger partial charge in [-0.2, -0.15) is 0 Å². The summed E-state index contributed by atoms with van der Waals surface area (Å²) in [7, 11) is 1.90. The van der Waals surface area contributed by atoms with Crippen LogP contribution in [0.4, 0.5) is 0 Å². The van der Waals surface area contributed by atoms with E-state index in [0.29, 0.717) is 17.0 Å². The quantitative estimate of drug-likeness (QED) is 0.538. The van der Waals surface area contributed by atoms with Gasteiger partial charge in [-0.3, -0.25) is 4.99 Å². The van der Waals surface area contributed by atoms with Crippen molar-refractivity contribution in [2.45, 2.75) is 66.8 Å². The Labute approximate surface area is 179 Å². The molecule has 2 saturated heterocycles. The highest BCUT2D eigenvalue weighted by Crippen LogP contribution is 2.51. The normalized spacial score (nSPS) is 25.1. The van der Waals surface area contributed by atoms with Crippen LogP contribution >= 0.6 is 11.8 Å². The Balaban J connectivity index is 1.18. The number of benzene rings is 1. The Hall–Kier alpha value is -1.24. The molecule has 0 aromatic heterocycles. The molecule has 1 atom stereocenters. The van der Waals surface area contributed by atoms with Gasteiger partial charge in [0.25, 0.3) is 0 Å². The van der Waals surface area contributed by atoms with Crippen molar-refractivity contribution < 1.29 is 9.47 Å². The number of ether oxygens (including phenoxy) is 2. The molecule has 1 N–H and O–H groups in total. The molecule has 0 bridgehead atoms. The average molecular weight is 418 g/mol. The Morgan fingerprint density at radius 2 is 2.00 bits per heavy atom. The summed E-state index contributed by atoms with van der Waals surface area (Å²) in [5, 5.41) is 3.65. The molecular formula is C23H35N3O2S. The fourth-order valence-corrected chi connectivity index (χ4v) is 5.43. The lowest BCUT2D eigenvalue weighted by Crippen LogP contribution is -2.48. The summed E-state index contributed by atoms with van der Waals surface area (Å²) in [5.41, 5.74) is 0. The molecule has 2 heterocycles. The molecule has 4 rings (SSSR count). The molecule has 29 heavy (non-hydrogen) atoms. The highest BCUT2D eigenvalue weighted by atomic mass is 32.2. The van der Waals surface area contributed by atoms with Crippen LogP contribution in [0.2, 0.25) is 0 Å². The smallest absolute Gasteiger partial charge is 0.193 e. The molecule has 1 unspecified atom stereocenters. The van der Waals surface area contributed by atoms with Crippen molar-refractivity contribution in [2.75, 3.05) is 39.9 Å². The molecule has 2 aliphatic heterocycles. The predicted octanol–water partition coefficient (Wildman–Crippen LogP) is 3.94. The van der Waals surface area contributed by atoms with E-state index in [9.17, 15) is 0 Å². The van der Waals surface area contributed by atoms with Crippen LogP contribution < -0.4 is 5.32 Å². The third-order valence-corrected chi connectivity index (χ3v) is 7.69. The van der Waals surface area contributed by atoms with Gasteiger partial charge in [-0.05, 0) is 57.1 Å². The third kappa shape index (κ3) is 6.12. The second kappa shape index (κ2) is 10.2. The molecule has 0 amide bonds. The van der Waals surface area contributed by atoms with Crippen LogP contribution in [0.15, 0.2) is 40.2 Å². The summed E-state index contributed by atoms with van der Waals surface area (Å²) >= 11 is 2.01. The van der Waals surface area contributed by atoms with Crippen molar-refractivity contribution in [3.8, 4) is 0 Å². The minimum Gasteiger partial charge on any atom is -0.376 e. The summed E-state index contributed by atoms with van der Waals surface area (Å²) in [4.78, 5) is 8.31. The molecule has 1 aromatic rings. The molecule has 1 aliphatic carbocycles. The van der Waals surface area contributed by atoms with E-state index in [0.717, 1.165) is 58.1 Å². The topological polar surface area (TPSA) is 46.1 Å². The van der Waals surface area contributed by atoms with Gasteiger partial charge in [-0.15, -0.1) is 11.8 Å². The van der Waals surface area contributed by atoms with Crippen molar-refractivity contribution in [1.29, 1.82) is 0 Å². The maximum absolute atomic E-state index is 6.16. The molecular weight excluding hydrogens is 382 g/mol. The molecule has 0 spiro atoms. The summed E-state index contributed by atoms with van der Waals surface area (Å²) in [5.74, 6) is 1.04. The van der Waals surface area contributed by atoms with E-state index in [1.54, 1.807) is 0 Å². The first-order chi connectivity index (χ1) is 14.3. The number of hydrogen-bond acceptors (Lipinski definition) is 4. The van der Waals surface area contributed by atoms with E-state index in [2.05, 4.69) is 45.5 Å². The third-order valence-electron chi connectivity index (χ3n) is 6.20. The fourth-order valence-electron chi connectivity index (χ4n) is 4.18. The standard InChI is InChI=1S/C23H35N3O2S/c1-24-22(25-18-23(12-13-23)29-21-8-3-2-4-9-21)26-14-10-19(11-15-26)28-17-20-7-5-6-16-27-20/h2-4,8-9,19-20H,5-7,10-18H2,1H3,(H,24,25). The van der Waals surface area contributed by atoms with Crippen LogP contribution in [-0.2, 0) is 9.47 Å². The van der Waals surface area contributed by atoms with Gasteiger partial charge < -0.3 is 19.7 Å². The molecule has 3 fully saturated rings. The van der Waals surface area contributed by atoms with Gasteiger partial charge in [0.2, 0.25) is 0 Å². The van der Waals surface area contributed by atoms with Crippen LogP contribution in [0.5, 0.6) is 0 Å². The van der Waals surface area contributed by atoms with E-state index in [1.807, 2.05) is 18.8 Å². The highest BCUT2D eigenvalue weighted by molar-refractivity contribution is 8.01. The molecule has 0 radical (unpaired) electrons. The summed E-state index contributed by atoms with van der Waals surface area (Å²) < 4.78 is 12.3. The van der Waals surface area contributed by atoms with Gasteiger partial charge in [-0.25, -0.2) is 0 Å². The van der Waals surface area contributed by atoms with Crippen molar-refractivity contribution in [2.24, 2.45) is 4.99 Å². The van der Waals surface area contributed by atoms with Crippen LogP contribution in [0.3, 0.4) is 0 Å². The zero-order valence-electron chi connectivity index (χ0n) is 17.6. The zero-order valence-corrected chi connectivity index (χ0v) is 18.5. The highest BCUT2D eigenvalue weighted by Gasteiger charge is 2.44. The number of nitrogens with one attached hydrogen (secondary N) is 1. The number of aliphatic imine (C=N–C) groups is 1. The Morgan fingerprint density at radius 1 is 1.21 bits per heavy atom. The number of guanidine groups is 1. The van der Waals surface area contributed by atoms with Crippen LogP contribution in [-0.4, -0.2) is 67.7 Å². The molecule has 6 heteroatoms. The van der Waals surface area contributed by atoms with E-state index in [1.165, 1.54) is 30.6 Å². The van der Waals surface area contributed by atoms with Crippen LogP contribution in [0.25, 0.3) is 0 Å². The van der Waals surface area contributed by atoms with Gasteiger partial charge in [0.1, 0.15) is 0 Å². The van der Waals surface area contributed by atoms with Crippen LogP contribution in [0, 0.1) is 0 Å². The number of piperidine rings is 1. The zero-order chi connectivity index (χ0) is 19.9. The van der Waals surface area contributed by atoms with Crippen molar-refractivity contribution >= 4 is 17.7 Å². The molecule has 5 nitrogen and oxygen atoms in total. The van der Waals surface area contributed by atoms with Gasteiger partial charge in [-0.1, -0.05) is 18.2 Å². The van der Waals surface area contributed by atoms with Crippen LogP contribution in [0.1, 0.15) is 44.9 Å². The first kappa shape index (κ1) is 21.0. The molecule has 3 aliphatic rings. The van der Waals surface area contributed by atoms with E-state index >= 15 is 0 Å². The lowest BCUT2D eigenvalue weighted by molar-refractivity contribution is -0.0721. The fraction of sp³-hybridized carbons (Fsp3) is 0.696. The minimum absolute atomic E-state index is 0.313. The molecule has 1 saturated carbocycles. The second-order valence-corrected chi connectivity index (χ2v) is 10.0. The summed E-state index contributed by atoms with van der Waals surface area (Å²) in [6.07, 6.45) is 8.98. The minimum atomic E-state index is 0.313. The largest absolute Gasteiger partial charge is 0.376 e.